The molecular weight excluding hydrogens is 223 g/mol. The maximum absolute atomic E-state index is 10.2. The highest BCUT2D eigenvalue weighted by molar-refractivity contribution is 7.74. The van der Waals surface area contributed by atoms with Gasteiger partial charge in [-0.25, -0.2) is 0 Å². The molecule has 0 saturated carbocycles. The lowest BCUT2D eigenvalue weighted by molar-refractivity contribution is 0.458. The maximum atomic E-state index is 10.2. The van der Waals surface area contributed by atoms with E-state index in [9.17, 15) is 4.21 Å². The first-order chi connectivity index (χ1) is 5.59. The van der Waals surface area contributed by atoms with Gasteiger partial charge in [0.1, 0.15) is 5.75 Å². The predicted octanol–water partition coefficient (Wildman–Crippen LogP) is 2.51. The molecular formula is C6H4Cl2O3S. The van der Waals surface area contributed by atoms with E-state index in [1.165, 1.54) is 18.2 Å². The van der Waals surface area contributed by atoms with Gasteiger partial charge in [-0.2, -0.15) is 4.21 Å². The van der Waals surface area contributed by atoms with Crippen LogP contribution < -0.4 is 4.18 Å². The van der Waals surface area contributed by atoms with Crippen LogP contribution in [0, 0.1) is 0 Å². The monoisotopic (exact) mass is 226 g/mol. The molecule has 0 saturated heterocycles. The van der Waals surface area contributed by atoms with Crippen molar-refractivity contribution in [3.63, 3.8) is 0 Å². The molecule has 0 aliphatic rings. The molecule has 0 fully saturated rings. The van der Waals surface area contributed by atoms with E-state index < -0.39 is 11.4 Å². The molecule has 0 heterocycles. The molecule has 1 N–H and O–H groups in total. The summed E-state index contributed by atoms with van der Waals surface area (Å²) in [6, 6.07) is 4.28. The third-order valence-electron chi connectivity index (χ3n) is 1.06. The second-order valence-electron chi connectivity index (χ2n) is 1.88. The average Bonchev–Trinajstić information content (AvgIpc) is 1.96. The Labute approximate surface area is 81.7 Å². The van der Waals surface area contributed by atoms with Gasteiger partial charge in [0.2, 0.25) is 0 Å². The van der Waals surface area contributed by atoms with Gasteiger partial charge in [-0.05, 0) is 12.1 Å². The van der Waals surface area contributed by atoms with Gasteiger partial charge in [0.15, 0.2) is 0 Å². The third kappa shape index (κ3) is 2.64. The topological polar surface area (TPSA) is 46.5 Å². The van der Waals surface area contributed by atoms with Gasteiger partial charge < -0.3 is 4.18 Å². The van der Waals surface area contributed by atoms with Crippen molar-refractivity contribution in [3.8, 4) is 5.75 Å². The van der Waals surface area contributed by atoms with Crippen LogP contribution >= 0.6 is 23.2 Å². The van der Waals surface area contributed by atoms with E-state index in [0.717, 1.165) is 0 Å². The Balaban J connectivity index is 2.89. The second-order valence-corrected chi connectivity index (χ2v) is 3.29. The van der Waals surface area contributed by atoms with Crippen molar-refractivity contribution >= 4 is 34.6 Å². The van der Waals surface area contributed by atoms with Gasteiger partial charge in [-0.1, -0.05) is 23.2 Å². The summed E-state index contributed by atoms with van der Waals surface area (Å²) in [5.41, 5.74) is 0. The standard InChI is InChI=1S/C6H4Cl2O3S/c7-5-2-1-4(3-6(5)8)11-12(9)10/h1-3H,(H,9,10). The van der Waals surface area contributed by atoms with E-state index in [2.05, 4.69) is 4.18 Å². The Bertz CT molecular complexity index is 316. The Morgan fingerprint density at radius 3 is 2.50 bits per heavy atom. The van der Waals surface area contributed by atoms with Crippen LogP contribution in [0.5, 0.6) is 5.75 Å². The summed E-state index contributed by atoms with van der Waals surface area (Å²) in [5, 5.41) is 0.646. The van der Waals surface area contributed by atoms with Gasteiger partial charge in [-0.3, -0.25) is 4.55 Å². The summed E-state index contributed by atoms with van der Waals surface area (Å²) in [7, 11) is 0. The molecule has 1 unspecified atom stereocenters. The highest BCUT2D eigenvalue weighted by Gasteiger charge is 2.02. The van der Waals surface area contributed by atoms with Crippen molar-refractivity contribution in [2.45, 2.75) is 0 Å². The van der Waals surface area contributed by atoms with Crippen molar-refractivity contribution < 1.29 is 12.9 Å². The molecule has 0 aliphatic carbocycles. The normalized spacial score (nSPS) is 12.6. The van der Waals surface area contributed by atoms with Crippen LogP contribution in [0.15, 0.2) is 18.2 Å². The predicted molar refractivity (Wildman–Crippen MR) is 47.9 cm³/mol. The summed E-state index contributed by atoms with van der Waals surface area (Å²) in [6.45, 7) is 0. The summed E-state index contributed by atoms with van der Waals surface area (Å²) in [5.74, 6) is 0.199. The van der Waals surface area contributed by atoms with E-state index in [0.29, 0.717) is 5.02 Å². The summed E-state index contributed by atoms with van der Waals surface area (Å²) in [6.07, 6.45) is 0. The summed E-state index contributed by atoms with van der Waals surface area (Å²) >= 11 is 8.86. The zero-order valence-electron chi connectivity index (χ0n) is 5.66. The molecule has 0 spiro atoms. The summed E-state index contributed by atoms with van der Waals surface area (Å²) < 4.78 is 23.0. The highest BCUT2D eigenvalue weighted by atomic mass is 35.5. The van der Waals surface area contributed by atoms with Gasteiger partial charge in [0.05, 0.1) is 10.0 Å². The fourth-order valence-corrected chi connectivity index (χ4v) is 1.17. The Morgan fingerprint density at radius 2 is 2.00 bits per heavy atom. The van der Waals surface area contributed by atoms with E-state index in [-0.39, 0.29) is 10.8 Å². The minimum absolute atomic E-state index is 0.199. The van der Waals surface area contributed by atoms with E-state index >= 15 is 0 Å². The number of rotatable bonds is 2. The van der Waals surface area contributed by atoms with Crippen LogP contribution in [0.2, 0.25) is 10.0 Å². The first-order valence-electron chi connectivity index (χ1n) is 2.84. The van der Waals surface area contributed by atoms with Gasteiger partial charge in [0, 0.05) is 6.07 Å². The van der Waals surface area contributed by atoms with Crippen LogP contribution in [0.25, 0.3) is 0 Å². The first kappa shape index (κ1) is 9.80. The fourth-order valence-electron chi connectivity index (χ4n) is 0.611. The smallest absolute Gasteiger partial charge is 0.357 e. The number of hydrogen-bond donors (Lipinski definition) is 1. The molecule has 6 heteroatoms. The maximum Gasteiger partial charge on any atom is 0.357 e. The largest absolute Gasteiger partial charge is 0.380 e. The molecule has 0 aromatic heterocycles. The third-order valence-corrected chi connectivity index (χ3v) is 2.13. The minimum atomic E-state index is -2.33. The molecule has 12 heavy (non-hydrogen) atoms. The summed E-state index contributed by atoms with van der Waals surface area (Å²) in [4.78, 5) is 0. The molecule has 0 aliphatic heterocycles. The van der Waals surface area contributed by atoms with Crippen molar-refractivity contribution in [3.05, 3.63) is 28.2 Å². The van der Waals surface area contributed by atoms with Gasteiger partial charge in [-0.15, -0.1) is 0 Å². The fraction of sp³-hybridized carbons (Fsp3) is 0. The lowest BCUT2D eigenvalue weighted by atomic mass is 10.3. The van der Waals surface area contributed by atoms with E-state index in [1.807, 2.05) is 0 Å². The molecule has 1 atom stereocenters. The second kappa shape index (κ2) is 4.09. The van der Waals surface area contributed by atoms with Crippen LogP contribution in [0.3, 0.4) is 0 Å². The molecule has 3 nitrogen and oxygen atoms in total. The first-order valence-corrected chi connectivity index (χ1v) is 4.62. The van der Waals surface area contributed by atoms with Crippen molar-refractivity contribution in [2.75, 3.05) is 0 Å². The molecule has 66 valence electrons. The van der Waals surface area contributed by atoms with E-state index in [1.54, 1.807) is 0 Å². The quantitative estimate of drug-likeness (QED) is 0.789. The van der Waals surface area contributed by atoms with Crippen molar-refractivity contribution in [1.82, 2.24) is 0 Å². The SMILES string of the molecule is O=S(O)Oc1ccc(Cl)c(Cl)c1. The molecule has 0 amide bonds. The Kier molecular flexibility index (Phi) is 3.34. The Hall–Kier alpha value is -0.290. The average molecular weight is 227 g/mol. The minimum Gasteiger partial charge on any atom is -0.380 e. The van der Waals surface area contributed by atoms with Crippen LogP contribution in [0.1, 0.15) is 0 Å². The lowest BCUT2D eigenvalue weighted by Gasteiger charge is -2.00. The molecule has 0 bridgehead atoms. The molecule has 1 rings (SSSR count). The van der Waals surface area contributed by atoms with Crippen molar-refractivity contribution in [1.29, 1.82) is 0 Å². The van der Waals surface area contributed by atoms with Crippen molar-refractivity contribution in [2.24, 2.45) is 0 Å². The number of hydrogen-bond acceptors (Lipinski definition) is 2. The molecule has 1 aromatic carbocycles. The zero-order chi connectivity index (χ0) is 9.14. The Morgan fingerprint density at radius 1 is 1.33 bits per heavy atom. The molecule has 0 radical (unpaired) electrons. The van der Waals surface area contributed by atoms with Crippen LogP contribution in [-0.2, 0) is 11.4 Å². The zero-order valence-corrected chi connectivity index (χ0v) is 7.99. The van der Waals surface area contributed by atoms with Crippen LogP contribution in [0.4, 0.5) is 0 Å². The number of halogens is 2. The molecule has 1 aromatic rings. The number of benzene rings is 1. The van der Waals surface area contributed by atoms with E-state index in [4.69, 9.17) is 27.8 Å². The lowest BCUT2D eigenvalue weighted by Crippen LogP contribution is -1.96. The van der Waals surface area contributed by atoms with Gasteiger partial charge in [0.25, 0.3) is 0 Å². The highest BCUT2D eigenvalue weighted by Crippen LogP contribution is 2.26. The van der Waals surface area contributed by atoms with Gasteiger partial charge >= 0.3 is 11.4 Å². The van der Waals surface area contributed by atoms with Crippen LogP contribution in [-0.4, -0.2) is 8.76 Å².